The van der Waals surface area contributed by atoms with Crippen molar-refractivity contribution < 1.29 is 9.59 Å². The van der Waals surface area contributed by atoms with Gasteiger partial charge in [-0.3, -0.25) is 9.59 Å². The smallest absolute Gasteiger partial charge is 0.258 e. The molecule has 1 saturated heterocycles. The number of hydrogen-bond donors (Lipinski definition) is 0. The predicted molar refractivity (Wildman–Crippen MR) is 129 cm³/mol. The summed E-state index contributed by atoms with van der Waals surface area (Å²) in [4.78, 5) is 30.1. The van der Waals surface area contributed by atoms with E-state index in [0.717, 1.165) is 48.3 Å². The molecule has 1 aliphatic heterocycles. The zero-order valence-electron chi connectivity index (χ0n) is 18.9. The molecule has 0 aliphatic carbocycles. The summed E-state index contributed by atoms with van der Waals surface area (Å²) in [5.74, 6) is 0.127. The van der Waals surface area contributed by atoms with Crippen LogP contribution in [0.1, 0.15) is 45.5 Å². The molecule has 4 nitrogen and oxygen atoms in total. The van der Waals surface area contributed by atoms with Crippen LogP contribution in [0, 0.1) is 13.8 Å². The molecule has 0 unspecified atom stereocenters. The number of carbonyl (C=O) groups excluding carboxylic acids is 2. The SMILES string of the molecule is Cc1ccc(CN(C(=O)c2ccccc2C)c2cccc(CC(=O)N3CCCC3)c2)cc1. The largest absolute Gasteiger partial charge is 0.342 e. The van der Waals surface area contributed by atoms with Gasteiger partial charge >= 0.3 is 0 Å². The minimum absolute atomic E-state index is 0.0355. The quantitative estimate of drug-likeness (QED) is 0.536. The minimum atomic E-state index is -0.0355. The fourth-order valence-electron chi connectivity index (χ4n) is 4.20. The van der Waals surface area contributed by atoms with E-state index in [1.54, 1.807) is 0 Å². The fourth-order valence-corrected chi connectivity index (χ4v) is 4.20. The van der Waals surface area contributed by atoms with Crippen LogP contribution in [-0.2, 0) is 17.8 Å². The molecule has 1 aliphatic rings. The Morgan fingerprint density at radius 3 is 2.28 bits per heavy atom. The van der Waals surface area contributed by atoms with Gasteiger partial charge in [0.2, 0.25) is 5.91 Å². The summed E-state index contributed by atoms with van der Waals surface area (Å²) in [6, 6.07) is 23.8. The van der Waals surface area contributed by atoms with Crippen molar-refractivity contribution in [2.24, 2.45) is 0 Å². The summed E-state index contributed by atoms with van der Waals surface area (Å²) < 4.78 is 0. The lowest BCUT2D eigenvalue weighted by atomic mass is 10.0. The summed E-state index contributed by atoms with van der Waals surface area (Å²) in [7, 11) is 0. The molecule has 3 aromatic carbocycles. The molecule has 0 N–H and O–H groups in total. The number of benzene rings is 3. The first kappa shape index (κ1) is 21.8. The van der Waals surface area contributed by atoms with Crippen LogP contribution in [0.25, 0.3) is 0 Å². The van der Waals surface area contributed by atoms with Crippen LogP contribution in [0.4, 0.5) is 5.69 Å². The number of anilines is 1. The highest BCUT2D eigenvalue weighted by molar-refractivity contribution is 6.07. The van der Waals surface area contributed by atoms with Gasteiger partial charge in [0.15, 0.2) is 0 Å². The lowest BCUT2D eigenvalue weighted by Crippen LogP contribution is -2.31. The van der Waals surface area contributed by atoms with Crippen molar-refractivity contribution in [2.75, 3.05) is 18.0 Å². The van der Waals surface area contributed by atoms with E-state index in [1.165, 1.54) is 5.56 Å². The topological polar surface area (TPSA) is 40.6 Å². The van der Waals surface area contributed by atoms with Crippen LogP contribution < -0.4 is 4.90 Å². The average Bonchev–Trinajstić information content (AvgIpc) is 3.34. The first-order valence-corrected chi connectivity index (χ1v) is 11.3. The molecule has 0 atom stereocenters. The molecule has 3 aromatic rings. The van der Waals surface area contributed by atoms with Gasteiger partial charge in [0.25, 0.3) is 5.91 Å². The van der Waals surface area contributed by atoms with E-state index in [4.69, 9.17) is 0 Å². The normalized spacial score (nSPS) is 13.2. The third-order valence-electron chi connectivity index (χ3n) is 6.12. The van der Waals surface area contributed by atoms with Gasteiger partial charge in [-0.25, -0.2) is 0 Å². The van der Waals surface area contributed by atoms with Gasteiger partial charge in [-0.15, -0.1) is 0 Å². The van der Waals surface area contributed by atoms with E-state index >= 15 is 0 Å². The highest BCUT2D eigenvalue weighted by Gasteiger charge is 2.22. The molecular formula is C28H30N2O2. The maximum absolute atomic E-state index is 13.6. The zero-order valence-corrected chi connectivity index (χ0v) is 18.9. The van der Waals surface area contributed by atoms with Gasteiger partial charge in [0.05, 0.1) is 13.0 Å². The number of aryl methyl sites for hydroxylation is 2. The van der Waals surface area contributed by atoms with Crippen LogP contribution in [0.2, 0.25) is 0 Å². The fraction of sp³-hybridized carbons (Fsp3) is 0.286. The van der Waals surface area contributed by atoms with Gasteiger partial charge in [-0.1, -0.05) is 60.2 Å². The van der Waals surface area contributed by atoms with Crippen LogP contribution in [0.5, 0.6) is 0 Å². The Balaban J connectivity index is 1.64. The molecule has 4 heteroatoms. The average molecular weight is 427 g/mol. The Hall–Kier alpha value is -3.40. The van der Waals surface area contributed by atoms with Crippen molar-refractivity contribution in [3.05, 3.63) is 101 Å². The molecule has 32 heavy (non-hydrogen) atoms. The molecule has 0 bridgehead atoms. The number of carbonyl (C=O) groups is 2. The first-order valence-electron chi connectivity index (χ1n) is 11.3. The molecule has 1 fully saturated rings. The second-order valence-corrected chi connectivity index (χ2v) is 8.63. The summed E-state index contributed by atoms with van der Waals surface area (Å²) in [6.07, 6.45) is 2.53. The van der Waals surface area contributed by atoms with E-state index < -0.39 is 0 Å². The van der Waals surface area contributed by atoms with Crippen molar-refractivity contribution in [1.29, 1.82) is 0 Å². The Labute approximate surface area is 190 Å². The van der Waals surface area contributed by atoms with E-state index in [0.29, 0.717) is 18.5 Å². The number of amides is 2. The van der Waals surface area contributed by atoms with Gasteiger partial charge in [0.1, 0.15) is 0 Å². The Morgan fingerprint density at radius 1 is 0.844 bits per heavy atom. The van der Waals surface area contributed by atoms with Gasteiger partial charge in [-0.2, -0.15) is 0 Å². The molecule has 164 valence electrons. The second-order valence-electron chi connectivity index (χ2n) is 8.63. The minimum Gasteiger partial charge on any atom is -0.342 e. The first-order chi connectivity index (χ1) is 15.5. The Bertz CT molecular complexity index is 1100. The Kier molecular flexibility index (Phi) is 6.69. The molecular weight excluding hydrogens is 396 g/mol. The van der Waals surface area contributed by atoms with E-state index in [9.17, 15) is 9.59 Å². The van der Waals surface area contributed by atoms with Crippen LogP contribution in [0.15, 0.2) is 72.8 Å². The molecule has 0 spiro atoms. The summed E-state index contributed by atoms with van der Waals surface area (Å²) >= 11 is 0. The third kappa shape index (κ3) is 5.08. The van der Waals surface area contributed by atoms with E-state index in [2.05, 4.69) is 31.2 Å². The van der Waals surface area contributed by atoms with Crippen LogP contribution in [-0.4, -0.2) is 29.8 Å². The third-order valence-corrected chi connectivity index (χ3v) is 6.12. The maximum Gasteiger partial charge on any atom is 0.258 e. The van der Waals surface area contributed by atoms with Gasteiger partial charge < -0.3 is 9.80 Å². The number of nitrogens with zero attached hydrogens (tertiary/aromatic N) is 2. The van der Waals surface area contributed by atoms with Crippen molar-refractivity contribution >= 4 is 17.5 Å². The van der Waals surface area contributed by atoms with E-state index in [-0.39, 0.29) is 11.8 Å². The standard InChI is InChI=1S/C28H30N2O2/c1-21-12-14-23(15-13-21)20-30(28(32)26-11-4-3-8-22(26)2)25-10-7-9-24(18-25)19-27(31)29-16-5-6-17-29/h3-4,7-15,18H,5-6,16-17,19-20H2,1-2H3. The van der Waals surface area contributed by atoms with Gasteiger partial charge in [0, 0.05) is 24.3 Å². The van der Waals surface area contributed by atoms with Gasteiger partial charge in [-0.05, 0) is 61.6 Å². The lowest BCUT2D eigenvalue weighted by Gasteiger charge is -2.25. The van der Waals surface area contributed by atoms with E-state index in [1.807, 2.05) is 65.3 Å². The Morgan fingerprint density at radius 2 is 1.56 bits per heavy atom. The molecule has 2 amide bonds. The second kappa shape index (κ2) is 9.82. The molecule has 0 radical (unpaired) electrons. The molecule has 0 saturated carbocycles. The molecule has 4 rings (SSSR count). The van der Waals surface area contributed by atoms with Crippen molar-refractivity contribution in [1.82, 2.24) is 4.90 Å². The molecule has 1 heterocycles. The number of likely N-dealkylation sites (tertiary alicyclic amines) is 1. The predicted octanol–water partition coefficient (Wildman–Crippen LogP) is 5.32. The summed E-state index contributed by atoms with van der Waals surface area (Å²) in [5, 5.41) is 0. The van der Waals surface area contributed by atoms with Crippen LogP contribution in [0.3, 0.4) is 0 Å². The van der Waals surface area contributed by atoms with Crippen LogP contribution >= 0.6 is 0 Å². The highest BCUT2D eigenvalue weighted by Crippen LogP contribution is 2.24. The maximum atomic E-state index is 13.6. The highest BCUT2D eigenvalue weighted by atomic mass is 16.2. The van der Waals surface area contributed by atoms with Crippen molar-refractivity contribution in [3.63, 3.8) is 0 Å². The summed E-state index contributed by atoms with van der Waals surface area (Å²) in [6.45, 7) is 6.19. The van der Waals surface area contributed by atoms with Crippen molar-refractivity contribution in [3.8, 4) is 0 Å². The van der Waals surface area contributed by atoms with Crippen molar-refractivity contribution in [2.45, 2.75) is 39.7 Å². The monoisotopic (exact) mass is 426 g/mol. The molecule has 0 aromatic heterocycles. The zero-order chi connectivity index (χ0) is 22.5. The summed E-state index contributed by atoms with van der Waals surface area (Å²) in [5.41, 5.74) is 5.64. The lowest BCUT2D eigenvalue weighted by molar-refractivity contribution is -0.129. The number of rotatable bonds is 6. The number of hydrogen-bond acceptors (Lipinski definition) is 2.